The van der Waals surface area contributed by atoms with E-state index >= 15 is 0 Å². The van der Waals surface area contributed by atoms with E-state index in [1.807, 2.05) is 17.0 Å². The highest BCUT2D eigenvalue weighted by Crippen LogP contribution is 2.29. The third-order valence-electron chi connectivity index (χ3n) is 2.95. The summed E-state index contributed by atoms with van der Waals surface area (Å²) in [6.07, 6.45) is 1.95. The van der Waals surface area contributed by atoms with E-state index in [0.29, 0.717) is 10.4 Å². The highest BCUT2D eigenvalue weighted by atomic mass is 35.5. The monoisotopic (exact) mass is 285 g/mol. The topological polar surface area (TPSA) is 59.2 Å². The number of carbonyl (C=O) groups excluding carboxylic acids is 1. The molecule has 6 heteroatoms. The molecule has 0 atom stereocenters. The lowest BCUT2D eigenvalue weighted by atomic mass is 10.1. The second kappa shape index (κ2) is 6.41. The Labute approximate surface area is 116 Å². The van der Waals surface area contributed by atoms with Crippen LogP contribution in [-0.4, -0.2) is 40.7 Å². The molecule has 0 aliphatic carbocycles. The molecular weight excluding hydrogens is 270 g/mol. The van der Waals surface area contributed by atoms with Crippen LogP contribution < -0.4 is 5.73 Å². The number of aromatic nitrogens is 1. The molecule has 0 spiro atoms. The van der Waals surface area contributed by atoms with Gasteiger partial charge in [0.25, 0.3) is 0 Å². The van der Waals surface area contributed by atoms with E-state index in [9.17, 15) is 4.79 Å². The van der Waals surface area contributed by atoms with Crippen LogP contribution in [0.15, 0.2) is 23.2 Å². The van der Waals surface area contributed by atoms with E-state index in [-0.39, 0.29) is 12.5 Å². The number of halogens is 1. The van der Waals surface area contributed by atoms with Crippen molar-refractivity contribution in [3.8, 4) is 0 Å². The van der Waals surface area contributed by atoms with Crippen LogP contribution in [0.25, 0.3) is 0 Å². The molecule has 2 heterocycles. The van der Waals surface area contributed by atoms with Gasteiger partial charge in [0.2, 0.25) is 5.91 Å². The maximum Gasteiger partial charge on any atom is 0.236 e. The van der Waals surface area contributed by atoms with Gasteiger partial charge >= 0.3 is 0 Å². The quantitative estimate of drug-likeness (QED) is 0.860. The van der Waals surface area contributed by atoms with Crippen molar-refractivity contribution in [2.75, 3.05) is 19.6 Å². The molecule has 4 nitrogen and oxygen atoms in total. The maximum absolute atomic E-state index is 11.4. The number of rotatable bonds is 3. The van der Waals surface area contributed by atoms with Gasteiger partial charge in [-0.3, -0.25) is 4.79 Å². The van der Waals surface area contributed by atoms with Crippen molar-refractivity contribution in [1.29, 1.82) is 0 Å². The van der Waals surface area contributed by atoms with Crippen molar-refractivity contribution < 1.29 is 4.79 Å². The fourth-order valence-electron chi connectivity index (χ4n) is 1.98. The molecule has 2 N–H and O–H groups in total. The molecular formula is C12H16ClN3OS. The van der Waals surface area contributed by atoms with Crippen LogP contribution in [0, 0.1) is 0 Å². The average Bonchev–Trinajstić information content (AvgIpc) is 2.39. The predicted octanol–water partition coefficient (Wildman–Crippen LogP) is 1.78. The van der Waals surface area contributed by atoms with E-state index < -0.39 is 0 Å². The first-order valence-electron chi connectivity index (χ1n) is 5.96. The minimum atomic E-state index is 0.0410. The number of hydrogen-bond acceptors (Lipinski definition) is 4. The third kappa shape index (κ3) is 3.60. The first kappa shape index (κ1) is 13.6. The molecule has 98 valence electrons. The van der Waals surface area contributed by atoms with Crippen molar-refractivity contribution in [2.45, 2.75) is 23.1 Å². The van der Waals surface area contributed by atoms with Crippen LogP contribution in [0.5, 0.6) is 0 Å². The highest BCUT2D eigenvalue weighted by Gasteiger charge is 2.22. The summed E-state index contributed by atoms with van der Waals surface area (Å²) in [5.74, 6) is 0.0410. The van der Waals surface area contributed by atoms with Crippen LogP contribution in [0.2, 0.25) is 5.15 Å². The van der Waals surface area contributed by atoms with E-state index in [4.69, 9.17) is 17.3 Å². The largest absolute Gasteiger partial charge is 0.342 e. The van der Waals surface area contributed by atoms with E-state index in [0.717, 1.165) is 31.0 Å². The Morgan fingerprint density at radius 3 is 2.83 bits per heavy atom. The first-order valence-corrected chi connectivity index (χ1v) is 7.22. The van der Waals surface area contributed by atoms with E-state index in [1.54, 1.807) is 17.8 Å². The zero-order valence-corrected chi connectivity index (χ0v) is 11.6. The Morgan fingerprint density at radius 1 is 1.50 bits per heavy atom. The molecule has 1 amide bonds. The van der Waals surface area contributed by atoms with Gasteiger partial charge in [-0.1, -0.05) is 17.7 Å². The second-order valence-electron chi connectivity index (χ2n) is 4.20. The van der Waals surface area contributed by atoms with Gasteiger partial charge in [-0.2, -0.15) is 0 Å². The summed E-state index contributed by atoms with van der Waals surface area (Å²) >= 11 is 7.59. The van der Waals surface area contributed by atoms with Crippen LogP contribution in [0.4, 0.5) is 0 Å². The Bertz CT molecular complexity index is 422. The van der Waals surface area contributed by atoms with E-state index in [1.165, 1.54) is 0 Å². The number of nitrogens with two attached hydrogens (primary N) is 1. The van der Waals surface area contributed by atoms with Crippen molar-refractivity contribution >= 4 is 29.3 Å². The molecule has 1 aliphatic rings. The predicted molar refractivity (Wildman–Crippen MR) is 73.8 cm³/mol. The minimum Gasteiger partial charge on any atom is -0.342 e. The zero-order chi connectivity index (χ0) is 13.0. The molecule has 1 aromatic rings. The fraction of sp³-hybridized carbons (Fsp3) is 0.500. The molecule has 0 radical (unpaired) electrons. The lowest BCUT2D eigenvalue weighted by Gasteiger charge is -2.31. The Hall–Kier alpha value is -0.780. The van der Waals surface area contributed by atoms with Crippen LogP contribution in [0.1, 0.15) is 12.8 Å². The molecule has 0 bridgehead atoms. The average molecular weight is 286 g/mol. The maximum atomic E-state index is 11.4. The second-order valence-corrected chi connectivity index (χ2v) is 5.91. The molecule has 18 heavy (non-hydrogen) atoms. The molecule has 2 rings (SSSR count). The summed E-state index contributed by atoms with van der Waals surface area (Å²) in [6, 6.07) is 5.65. The molecule has 1 saturated heterocycles. The lowest BCUT2D eigenvalue weighted by Crippen LogP contribution is -2.42. The number of pyridine rings is 1. The van der Waals surface area contributed by atoms with Crippen molar-refractivity contribution in [3.05, 3.63) is 23.4 Å². The Balaban J connectivity index is 1.85. The van der Waals surface area contributed by atoms with Gasteiger partial charge in [0.1, 0.15) is 5.15 Å². The van der Waals surface area contributed by atoms with E-state index in [2.05, 4.69) is 4.98 Å². The van der Waals surface area contributed by atoms with Gasteiger partial charge in [0, 0.05) is 18.3 Å². The lowest BCUT2D eigenvalue weighted by molar-refractivity contribution is -0.130. The van der Waals surface area contributed by atoms with Gasteiger partial charge in [-0.15, -0.1) is 11.8 Å². The van der Waals surface area contributed by atoms with Gasteiger partial charge < -0.3 is 10.6 Å². The number of thioether (sulfide) groups is 1. The Morgan fingerprint density at radius 2 is 2.22 bits per heavy atom. The summed E-state index contributed by atoms with van der Waals surface area (Å²) in [7, 11) is 0. The van der Waals surface area contributed by atoms with Gasteiger partial charge in [-0.05, 0) is 25.0 Å². The number of piperidine rings is 1. The van der Waals surface area contributed by atoms with Crippen molar-refractivity contribution in [1.82, 2.24) is 9.88 Å². The van der Waals surface area contributed by atoms with Crippen LogP contribution >= 0.6 is 23.4 Å². The molecule has 1 aliphatic heterocycles. The van der Waals surface area contributed by atoms with Crippen molar-refractivity contribution in [2.24, 2.45) is 5.73 Å². The van der Waals surface area contributed by atoms with Crippen LogP contribution in [0.3, 0.4) is 0 Å². The number of likely N-dealkylation sites (tertiary alicyclic amines) is 1. The minimum absolute atomic E-state index is 0.0410. The summed E-state index contributed by atoms with van der Waals surface area (Å²) in [5, 5.41) is 1.97. The SMILES string of the molecule is NCC(=O)N1CCC(Sc2cccc(Cl)n2)CC1. The summed E-state index contributed by atoms with van der Waals surface area (Å²) in [5.41, 5.74) is 5.36. The molecule has 1 fully saturated rings. The first-order chi connectivity index (χ1) is 8.69. The summed E-state index contributed by atoms with van der Waals surface area (Å²) in [4.78, 5) is 17.5. The fourth-order valence-corrected chi connectivity index (χ4v) is 3.29. The number of carbonyl (C=O) groups is 1. The van der Waals surface area contributed by atoms with Gasteiger partial charge in [0.15, 0.2) is 0 Å². The normalized spacial score (nSPS) is 16.9. The number of amides is 1. The Kier molecular flexibility index (Phi) is 4.86. The zero-order valence-electron chi connectivity index (χ0n) is 10.0. The van der Waals surface area contributed by atoms with Crippen LogP contribution in [-0.2, 0) is 4.79 Å². The molecule has 0 unspecified atom stereocenters. The summed E-state index contributed by atoms with van der Waals surface area (Å²) < 4.78 is 0. The molecule has 0 saturated carbocycles. The highest BCUT2D eigenvalue weighted by molar-refractivity contribution is 7.99. The van der Waals surface area contributed by atoms with Crippen molar-refractivity contribution in [3.63, 3.8) is 0 Å². The number of hydrogen-bond donors (Lipinski definition) is 1. The number of nitrogens with zero attached hydrogens (tertiary/aromatic N) is 2. The standard InChI is InChI=1S/C12H16ClN3OS/c13-10-2-1-3-11(15-10)18-9-4-6-16(7-5-9)12(17)8-14/h1-3,9H,4-8,14H2. The molecule has 0 aromatic carbocycles. The molecule has 1 aromatic heterocycles. The summed E-state index contributed by atoms with van der Waals surface area (Å²) in [6.45, 7) is 1.68. The third-order valence-corrected chi connectivity index (χ3v) is 4.43. The van der Waals surface area contributed by atoms with Gasteiger partial charge in [-0.25, -0.2) is 4.98 Å². The van der Waals surface area contributed by atoms with Gasteiger partial charge in [0.05, 0.1) is 11.6 Å². The smallest absolute Gasteiger partial charge is 0.236 e.